The summed E-state index contributed by atoms with van der Waals surface area (Å²) in [5, 5.41) is 4.87. The Balaban J connectivity index is 0.00000200. The molecule has 1 radical (unpaired) electrons. The number of thiol groups is 1. The van der Waals surface area contributed by atoms with Gasteiger partial charge in [-0.3, -0.25) is 4.98 Å². The summed E-state index contributed by atoms with van der Waals surface area (Å²) >= 11 is 4.42. The van der Waals surface area contributed by atoms with Crippen molar-refractivity contribution >= 4 is 23.0 Å². The first-order valence-corrected chi connectivity index (χ1v) is 6.77. The summed E-state index contributed by atoms with van der Waals surface area (Å²) in [6, 6.07) is 5.74. The molecule has 0 atom stereocenters. The topological polar surface area (TPSA) is 45.8 Å². The molecule has 1 saturated heterocycles. The average Bonchev–Trinajstić information content (AvgIpc) is 2.46. The van der Waals surface area contributed by atoms with E-state index in [1.807, 2.05) is 25.1 Å². The third-order valence-electron chi connectivity index (χ3n) is 3.11. The van der Waals surface area contributed by atoms with Crippen molar-refractivity contribution in [1.82, 2.24) is 14.8 Å². The van der Waals surface area contributed by atoms with Crippen molar-refractivity contribution in [3.63, 3.8) is 0 Å². The Kier molecular flexibility index (Phi) is 7.26. The molecule has 20 heavy (non-hydrogen) atoms. The molecule has 2 rings (SSSR count). The molecule has 0 saturated carbocycles. The van der Waals surface area contributed by atoms with E-state index in [1.54, 1.807) is 6.20 Å². The number of hydrogen-bond donors (Lipinski definition) is 0. The number of piperazine rings is 1. The van der Waals surface area contributed by atoms with Crippen molar-refractivity contribution < 1.29 is 17.1 Å². The van der Waals surface area contributed by atoms with E-state index in [0.717, 1.165) is 37.6 Å². The Morgan fingerprint density at radius 1 is 1.30 bits per heavy atom. The zero-order valence-corrected chi connectivity index (χ0v) is 13.5. The second-order valence-electron chi connectivity index (χ2n) is 4.59. The SMILES string of the molecule is CC(=N[N-]C(=[SH+])N1CCN(C)CC1)c1ccccn1.[Cu+2]. The number of rotatable bonds is 2. The van der Waals surface area contributed by atoms with Crippen LogP contribution in [0.2, 0.25) is 0 Å². The fourth-order valence-corrected chi connectivity index (χ4v) is 2.06. The minimum atomic E-state index is 0. The molecule has 7 heteroatoms. The van der Waals surface area contributed by atoms with Gasteiger partial charge in [-0.15, -0.1) is 0 Å². The van der Waals surface area contributed by atoms with E-state index < -0.39 is 0 Å². The van der Waals surface area contributed by atoms with Crippen LogP contribution in [0, 0.1) is 0 Å². The standard InChI is InChI=1S/C13H19N5S.Cu/c1-11(12-5-3-4-6-14-12)15-16-13(19)18-9-7-17(2)8-10-18;/h3-6H,7-10H2,1-2H3,(H,14,16,19);/q;+2. The fourth-order valence-electron chi connectivity index (χ4n) is 1.82. The maximum absolute atomic E-state index is 4.42. The molecule has 0 spiro atoms. The van der Waals surface area contributed by atoms with E-state index in [4.69, 9.17) is 0 Å². The third kappa shape index (κ3) is 4.92. The molecule has 1 aliphatic rings. The number of hydrogen-bond acceptors (Lipinski definition) is 3. The molecular formula is C13H19CuN5S+2. The average molecular weight is 341 g/mol. The van der Waals surface area contributed by atoms with Crippen LogP contribution in [-0.2, 0) is 29.3 Å². The summed E-state index contributed by atoms with van der Waals surface area (Å²) in [4.78, 5) is 8.66. The van der Waals surface area contributed by atoms with Crippen LogP contribution in [0.5, 0.6) is 0 Å². The molecule has 111 valence electrons. The molecule has 1 aromatic rings. The van der Waals surface area contributed by atoms with Gasteiger partial charge in [0.15, 0.2) is 17.3 Å². The van der Waals surface area contributed by atoms with Gasteiger partial charge < -0.3 is 15.4 Å². The molecule has 0 aliphatic carbocycles. The van der Waals surface area contributed by atoms with Crippen LogP contribution in [0.25, 0.3) is 5.43 Å². The van der Waals surface area contributed by atoms with Gasteiger partial charge in [0.05, 0.1) is 5.69 Å². The van der Waals surface area contributed by atoms with Crippen LogP contribution >= 0.6 is 0 Å². The molecule has 1 fully saturated rings. The molecule has 0 bridgehead atoms. The van der Waals surface area contributed by atoms with Crippen LogP contribution in [0.1, 0.15) is 12.6 Å². The largest absolute Gasteiger partial charge is 2.00 e. The molecule has 2 heterocycles. The van der Waals surface area contributed by atoms with Gasteiger partial charge in [0.1, 0.15) is 0 Å². The van der Waals surface area contributed by atoms with Gasteiger partial charge in [-0.05, 0) is 26.1 Å². The molecule has 1 aliphatic heterocycles. The smallest absolute Gasteiger partial charge is 0.515 e. The maximum atomic E-state index is 4.42. The first-order valence-electron chi connectivity index (χ1n) is 6.33. The van der Waals surface area contributed by atoms with Crippen LogP contribution in [-0.4, -0.2) is 58.8 Å². The van der Waals surface area contributed by atoms with Crippen LogP contribution in [0.4, 0.5) is 0 Å². The van der Waals surface area contributed by atoms with Crippen molar-refractivity contribution in [3.8, 4) is 0 Å². The van der Waals surface area contributed by atoms with E-state index in [-0.39, 0.29) is 17.1 Å². The van der Waals surface area contributed by atoms with Gasteiger partial charge in [-0.25, -0.2) is 4.90 Å². The third-order valence-corrected chi connectivity index (χ3v) is 3.48. The summed E-state index contributed by atoms with van der Waals surface area (Å²) in [6.45, 7) is 5.84. The molecule has 1 aromatic heterocycles. The van der Waals surface area contributed by atoms with Crippen LogP contribution in [0.3, 0.4) is 0 Å². The maximum Gasteiger partial charge on any atom is 2.00 e. The monoisotopic (exact) mass is 340 g/mol. The predicted octanol–water partition coefficient (Wildman–Crippen LogP) is 0.791. The van der Waals surface area contributed by atoms with Gasteiger partial charge in [0.2, 0.25) is 0 Å². The first kappa shape index (κ1) is 17.2. The van der Waals surface area contributed by atoms with E-state index in [0.29, 0.717) is 5.11 Å². The minimum absolute atomic E-state index is 0. The Hall–Kier alpha value is -0.851. The van der Waals surface area contributed by atoms with Gasteiger partial charge >= 0.3 is 17.1 Å². The Labute approximate surface area is 135 Å². The number of likely N-dealkylation sites (N-methyl/N-ethyl adjacent to an activating group) is 1. The van der Waals surface area contributed by atoms with Crippen molar-refractivity contribution in [2.75, 3.05) is 33.2 Å². The summed E-state index contributed by atoms with van der Waals surface area (Å²) in [7, 11) is 2.12. The van der Waals surface area contributed by atoms with E-state index >= 15 is 0 Å². The molecule has 0 aromatic carbocycles. The normalized spacial score (nSPS) is 17.4. The van der Waals surface area contributed by atoms with Gasteiger partial charge in [0, 0.05) is 38.1 Å². The minimum Gasteiger partial charge on any atom is -0.515 e. The van der Waals surface area contributed by atoms with Gasteiger partial charge in [0.25, 0.3) is 0 Å². The summed E-state index contributed by atoms with van der Waals surface area (Å²) in [6.07, 6.45) is 1.75. The Morgan fingerprint density at radius 3 is 2.60 bits per heavy atom. The van der Waals surface area contributed by atoms with Gasteiger partial charge in [-0.1, -0.05) is 6.07 Å². The van der Waals surface area contributed by atoms with Crippen molar-refractivity contribution in [1.29, 1.82) is 0 Å². The molecular weight excluding hydrogens is 322 g/mol. The number of aromatic nitrogens is 1. The quantitative estimate of drug-likeness (QED) is 0.200. The van der Waals surface area contributed by atoms with Gasteiger partial charge in [-0.2, -0.15) is 0 Å². The zero-order valence-electron chi connectivity index (χ0n) is 11.6. The second-order valence-corrected chi connectivity index (χ2v) is 4.99. The van der Waals surface area contributed by atoms with Crippen molar-refractivity contribution in [2.45, 2.75) is 6.92 Å². The Morgan fingerprint density at radius 2 is 2.00 bits per heavy atom. The van der Waals surface area contributed by atoms with Crippen LogP contribution < -0.4 is 0 Å². The molecule has 0 N–H and O–H groups in total. The van der Waals surface area contributed by atoms with E-state index in [1.165, 1.54) is 0 Å². The van der Waals surface area contributed by atoms with E-state index in [9.17, 15) is 0 Å². The first-order chi connectivity index (χ1) is 9.16. The summed E-state index contributed by atoms with van der Waals surface area (Å²) < 4.78 is 0. The van der Waals surface area contributed by atoms with Crippen molar-refractivity contribution in [2.24, 2.45) is 5.10 Å². The molecule has 0 amide bonds. The van der Waals surface area contributed by atoms with E-state index in [2.05, 4.69) is 44.6 Å². The fraction of sp³-hybridized carbons (Fsp3) is 0.462. The Bertz CT molecular complexity index is 457. The summed E-state index contributed by atoms with van der Waals surface area (Å²) in [5.74, 6) is 0. The predicted molar refractivity (Wildman–Crippen MR) is 82.6 cm³/mol. The zero-order chi connectivity index (χ0) is 13.7. The second kappa shape index (κ2) is 8.44. The molecule has 5 nitrogen and oxygen atoms in total. The number of pyridine rings is 1. The van der Waals surface area contributed by atoms with Crippen molar-refractivity contribution in [3.05, 3.63) is 35.5 Å². The number of nitrogens with zero attached hydrogens (tertiary/aromatic N) is 5. The molecule has 0 unspecified atom stereocenters. The summed E-state index contributed by atoms with van der Waals surface area (Å²) in [5.41, 5.74) is 5.82. The van der Waals surface area contributed by atoms with Crippen LogP contribution in [0.15, 0.2) is 29.5 Å².